The fourth-order valence-electron chi connectivity index (χ4n) is 2.16. The van der Waals surface area contributed by atoms with E-state index < -0.39 is 0 Å². The molecule has 0 heterocycles. The van der Waals surface area contributed by atoms with E-state index in [2.05, 4.69) is 115 Å². The quantitative estimate of drug-likeness (QED) is 0.256. The average Bonchev–Trinajstić information content (AvgIpc) is 2.88. The van der Waals surface area contributed by atoms with E-state index in [1.165, 1.54) is 40.7 Å². The van der Waals surface area contributed by atoms with Gasteiger partial charge in [-0.2, -0.15) is 0 Å². The monoisotopic (exact) mass is 484 g/mol. The minimum Gasteiger partial charge on any atom is -0.103 e. The molecule has 3 aromatic rings. The average molecular weight is 485 g/mol. The van der Waals surface area contributed by atoms with Crippen molar-refractivity contribution < 1.29 is 0 Å². The maximum absolute atomic E-state index is 3.46. The van der Waals surface area contributed by atoms with E-state index >= 15 is 0 Å². The SMILES string of the molecule is C=C/C=C\C.C=CC.C=CC.CCCC.Cc1ccc(-c2ccc(C)cc2)cc1.Cc1ccccc1. The Morgan fingerprint density at radius 1 is 0.528 bits per heavy atom. The van der Waals surface area contributed by atoms with Gasteiger partial charge in [0.05, 0.1) is 0 Å². The molecule has 0 saturated carbocycles. The van der Waals surface area contributed by atoms with Crippen molar-refractivity contribution in [3.05, 3.63) is 146 Å². The first-order valence-corrected chi connectivity index (χ1v) is 12.8. The lowest BCUT2D eigenvalue weighted by Gasteiger charge is -2.02. The van der Waals surface area contributed by atoms with Gasteiger partial charge in [-0.3, -0.25) is 0 Å². The van der Waals surface area contributed by atoms with Gasteiger partial charge in [0.2, 0.25) is 0 Å². The molecule has 3 aromatic carbocycles. The first-order chi connectivity index (χ1) is 17.3. The van der Waals surface area contributed by atoms with Crippen LogP contribution in [0.1, 0.15) is 64.2 Å². The predicted octanol–water partition coefficient (Wildman–Crippen LogP) is 11.9. The van der Waals surface area contributed by atoms with Gasteiger partial charge in [0, 0.05) is 0 Å². The van der Waals surface area contributed by atoms with Gasteiger partial charge in [-0.15, -0.1) is 13.2 Å². The second-order valence-electron chi connectivity index (χ2n) is 7.96. The fraction of sp³-hybridized carbons (Fsp3) is 0.278. The number of aryl methyl sites for hydroxylation is 3. The second-order valence-corrected chi connectivity index (χ2v) is 7.96. The van der Waals surface area contributed by atoms with E-state index in [1.807, 2.05) is 51.1 Å². The molecule has 0 aromatic heterocycles. The van der Waals surface area contributed by atoms with Crippen LogP contribution in [0.15, 0.2) is 129 Å². The summed E-state index contributed by atoms with van der Waals surface area (Å²) >= 11 is 0. The minimum absolute atomic E-state index is 1.29. The zero-order chi connectivity index (χ0) is 28.0. The molecule has 0 atom stereocenters. The Labute approximate surface area is 224 Å². The Morgan fingerprint density at radius 2 is 0.833 bits per heavy atom. The Hall–Kier alpha value is -3.38. The summed E-state index contributed by atoms with van der Waals surface area (Å²) in [5.74, 6) is 0. The van der Waals surface area contributed by atoms with Crippen molar-refractivity contribution in [3.8, 4) is 11.1 Å². The highest BCUT2D eigenvalue weighted by atomic mass is 14.0. The van der Waals surface area contributed by atoms with Gasteiger partial charge < -0.3 is 0 Å². The van der Waals surface area contributed by atoms with Crippen LogP contribution >= 0.6 is 0 Å². The van der Waals surface area contributed by atoms with Gasteiger partial charge in [0.1, 0.15) is 0 Å². The summed E-state index contributed by atoms with van der Waals surface area (Å²) in [6.45, 7) is 26.6. The lowest BCUT2D eigenvalue weighted by atomic mass is 10.0. The molecule has 196 valence electrons. The van der Waals surface area contributed by atoms with Crippen LogP contribution in [0.4, 0.5) is 0 Å². The van der Waals surface area contributed by atoms with Crippen LogP contribution in [0, 0.1) is 20.8 Å². The molecule has 0 heteroatoms. The van der Waals surface area contributed by atoms with Gasteiger partial charge in [-0.05, 0) is 52.7 Å². The van der Waals surface area contributed by atoms with Gasteiger partial charge in [-0.25, -0.2) is 0 Å². The Bertz CT molecular complexity index is 828. The number of hydrogen-bond acceptors (Lipinski definition) is 0. The van der Waals surface area contributed by atoms with Gasteiger partial charge >= 0.3 is 0 Å². The molecule has 0 unspecified atom stereocenters. The van der Waals surface area contributed by atoms with Crippen LogP contribution in [-0.4, -0.2) is 0 Å². The fourth-order valence-corrected chi connectivity index (χ4v) is 2.16. The third-order valence-corrected chi connectivity index (χ3v) is 4.21. The standard InChI is InChI=1S/C14H14.C7H8.C5H8.C4H10.2C3H6/c1-11-3-7-13(8-4-11)14-9-5-12(2)6-10-14;1-7-5-3-2-4-6-7;1-3-5-4-2;1-3-4-2;2*1-3-2/h3-10H,1-2H3;2-6H,1H3;3-5H,1H2,2H3;3-4H2,1-2H3;2*3H,1H2,2H3/b;;5-4-;;;. The third kappa shape index (κ3) is 26.9. The molecule has 0 amide bonds. The maximum Gasteiger partial charge on any atom is -0.0184 e. The molecule has 0 spiro atoms. The first kappa shape index (κ1) is 37.2. The number of rotatable bonds is 3. The Morgan fingerprint density at radius 3 is 1.00 bits per heavy atom. The third-order valence-electron chi connectivity index (χ3n) is 4.21. The highest BCUT2D eigenvalue weighted by molar-refractivity contribution is 5.63. The van der Waals surface area contributed by atoms with Crippen molar-refractivity contribution in [1.29, 1.82) is 0 Å². The number of hydrogen-bond donors (Lipinski definition) is 0. The number of allylic oxidation sites excluding steroid dienone is 5. The normalized spacial score (nSPS) is 8.44. The van der Waals surface area contributed by atoms with Crippen molar-refractivity contribution >= 4 is 0 Å². The molecule has 0 saturated heterocycles. The molecule has 0 aliphatic rings. The van der Waals surface area contributed by atoms with E-state index in [1.54, 1.807) is 18.2 Å². The van der Waals surface area contributed by atoms with Crippen LogP contribution in [0.5, 0.6) is 0 Å². The summed E-state index contributed by atoms with van der Waals surface area (Å²) in [5.41, 5.74) is 6.51. The summed E-state index contributed by atoms with van der Waals surface area (Å²) < 4.78 is 0. The summed E-state index contributed by atoms with van der Waals surface area (Å²) in [5, 5.41) is 0. The van der Waals surface area contributed by atoms with E-state index in [0.717, 1.165) is 0 Å². The first-order valence-electron chi connectivity index (χ1n) is 12.8. The summed E-state index contributed by atoms with van der Waals surface area (Å²) in [6, 6.07) is 27.5. The molecule has 36 heavy (non-hydrogen) atoms. The van der Waals surface area contributed by atoms with Crippen molar-refractivity contribution in [2.75, 3.05) is 0 Å². The van der Waals surface area contributed by atoms with Crippen molar-refractivity contribution in [2.45, 2.75) is 68.2 Å². The lowest BCUT2D eigenvalue weighted by Crippen LogP contribution is -1.78. The molecule has 0 N–H and O–H groups in total. The van der Waals surface area contributed by atoms with Crippen LogP contribution in [0.3, 0.4) is 0 Å². The van der Waals surface area contributed by atoms with E-state index in [-0.39, 0.29) is 0 Å². The van der Waals surface area contributed by atoms with E-state index in [4.69, 9.17) is 0 Å². The second kappa shape index (κ2) is 29.7. The molecular weight excluding hydrogens is 432 g/mol. The maximum atomic E-state index is 3.46. The Balaban J connectivity index is -0.000000418. The van der Waals surface area contributed by atoms with Gasteiger partial charge in [0.15, 0.2) is 0 Å². The lowest BCUT2D eigenvalue weighted by molar-refractivity contribution is 0.886. The zero-order valence-corrected chi connectivity index (χ0v) is 24.4. The minimum atomic E-state index is 1.29. The molecule has 0 aliphatic carbocycles. The highest BCUT2D eigenvalue weighted by Gasteiger charge is 1.95. The summed E-state index contributed by atoms with van der Waals surface area (Å²) in [6.07, 6.45) is 11.7. The molecule has 0 nitrogen and oxygen atoms in total. The molecule has 0 radical (unpaired) electrons. The highest BCUT2D eigenvalue weighted by Crippen LogP contribution is 2.19. The van der Waals surface area contributed by atoms with Crippen LogP contribution < -0.4 is 0 Å². The van der Waals surface area contributed by atoms with Crippen LogP contribution in [-0.2, 0) is 0 Å². The van der Waals surface area contributed by atoms with Gasteiger partial charge in [0.25, 0.3) is 0 Å². The largest absolute Gasteiger partial charge is 0.103 e. The van der Waals surface area contributed by atoms with E-state index in [0.29, 0.717) is 0 Å². The number of unbranched alkanes of at least 4 members (excludes halogenated alkanes) is 1. The predicted molar refractivity (Wildman–Crippen MR) is 170 cm³/mol. The smallest absolute Gasteiger partial charge is 0.0184 e. The number of benzene rings is 3. The van der Waals surface area contributed by atoms with Crippen LogP contribution in [0.25, 0.3) is 11.1 Å². The van der Waals surface area contributed by atoms with E-state index in [9.17, 15) is 0 Å². The van der Waals surface area contributed by atoms with Crippen LogP contribution in [0.2, 0.25) is 0 Å². The van der Waals surface area contributed by atoms with Gasteiger partial charge in [-0.1, -0.05) is 159 Å². The van der Waals surface area contributed by atoms with Crippen molar-refractivity contribution in [3.63, 3.8) is 0 Å². The molecule has 0 bridgehead atoms. The van der Waals surface area contributed by atoms with Crippen molar-refractivity contribution in [2.24, 2.45) is 0 Å². The molecule has 0 aliphatic heterocycles. The molecular formula is C36H52. The Kier molecular flexibility index (Phi) is 30.6. The molecule has 3 rings (SSSR count). The molecule has 0 fully saturated rings. The topological polar surface area (TPSA) is 0 Å². The van der Waals surface area contributed by atoms with Crippen molar-refractivity contribution in [1.82, 2.24) is 0 Å². The zero-order valence-electron chi connectivity index (χ0n) is 24.4. The summed E-state index contributed by atoms with van der Waals surface area (Å²) in [7, 11) is 0. The summed E-state index contributed by atoms with van der Waals surface area (Å²) in [4.78, 5) is 0.